The number of amides is 1. The quantitative estimate of drug-likeness (QED) is 0.518. The van der Waals surface area contributed by atoms with Crippen LogP contribution in [0.15, 0.2) is 18.2 Å². The molecule has 0 saturated heterocycles. The summed E-state index contributed by atoms with van der Waals surface area (Å²) in [5.41, 5.74) is 0.143. The van der Waals surface area contributed by atoms with Gasteiger partial charge in [0.05, 0.1) is 0 Å². The first-order valence-electron chi connectivity index (χ1n) is 7.64. The molecule has 0 atom stereocenters. The van der Waals surface area contributed by atoms with Crippen molar-refractivity contribution in [2.75, 3.05) is 6.54 Å². The normalized spacial score (nSPS) is 10.5. The number of carbonyl (C=O) groups is 1. The molecule has 20 heavy (non-hydrogen) atoms. The second-order valence-electron chi connectivity index (χ2n) is 5.08. The smallest absolute Gasteiger partial charge is 0.269 e. The van der Waals surface area contributed by atoms with Gasteiger partial charge in [-0.3, -0.25) is 4.79 Å². The number of hydrogen-bond acceptors (Lipinski definition) is 2. The molecule has 0 saturated carbocycles. The van der Waals surface area contributed by atoms with Crippen molar-refractivity contribution < 1.29 is 9.18 Å². The van der Waals surface area contributed by atoms with Gasteiger partial charge in [0.25, 0.3) is 5.91 Å². The maximum absolute atomic E-state index is 12.9. The van der Waals surface area contributed by atoms with Crippen LogP contribution in [-0.4, -0.2) is 17.4 Å². The van der Waals surface area contributed by atoms with E-state index in [1.165, 1.54) is 56.7 Å². The van der Waals surface area contributed by atoms with Crippen LogP contribution in [-0.2, 0) is 0 Å². The topological polar surface area (TPSA) is 42.0 Å². The first-order valence-corrected chi connectivity index (χ1v) is 7.64. The van der Waals surface area contributed by atoms with Crippen molar-refractivity contribution in [2.24, 2.45) is 0 Å². The van der Waals surface area contributed by atoms with Gasteiger partial charge in [-0.1, -0.05) is 57.9 Å². The Morgan fingerprint density at radius 1 is 1.10 bits per heavy atom. The van der Waals surface area contributed by atoms with E-state index >= 15 is 0 Å². The number of aromatic nitrogens is 1. The number of halogens is 1. The Morgan fingerprint density at radius 2 is 1.75 bits per heavy atom. The third kappa shape index (κ3) is 7.22. The highest BCUT2D eigenvalue weighted by atomic mass is 19.1. The molecule has 4 heteroatoms. The van der Waals surface area contributed by atoms with Crippen LogP contribution in [0.3, 0.4) is 0 Å². The standard InChI is InChI=1S/C16H25FN2O/c1-2-3-4-5-6-7-8-9-13-18-16(20)14-11-10-12-15(17)19-14/h10-12H,2-9,13H2,1H3,(H,18,20). The van der Waals surface area contributed by atoms with Crippen LogP contribution in [0.25, 0.3) is 0 Å². The minimum absolute atomic E-state index is 0.143. The van der Waals surface area contributed by atoms with Crippen LogP contribution in [0, 0.1) is 5.95 Å². The minimum Gasteiger partial charge on any atom is -0.351 e. The molecule has 0 radical (unpaired) electrons. The van der Waals surface area contributed by atoms with E-state index in [2.05, 4.69) is 17.2 Å². The van der Waals surface area contributed by atoms with Crippen molar-refractivity contribution in [3.63, 3.8) is 0 Å². The van der Waals surface area contributed by atoms with E-state index in [0.717, 1.165) is 12.8 Å². The second-order valence-corrected chi connectivity index (χ2v) is 5.08. The number of carbonyl (C=O) groups excluding carboxylic acids is 1. The van der Waals surface area contributed by atoms with Crippen molar-refractivity contribution in [1.82, 2.24) is 10.3 Å². The van der Waals surface area contributed by atoms with E-state index in [4.69, 9.17) is 0 Å². The van der Waals surface area contributed by atoms with Gasteiger partial charge in [-0.2, -0.15) is 4.39 Å². The Bertz CT molecular complexity index is 396. The average Bonchev–Trinajstić information content (AvgIpc) is 2.45. The van der Waals surface area contributed by atoms with Crippen molar-refractivity contribution in [1.29, 1.82) is 0 Å². The molecule has 0 bridgehead atoms. The predicted octanol–water partition coefficient (Wildman–Crippen LogP) is 4.09. The van der Waals surface area contributed by atoms with Gasteiger partial charge in [-0.15, -0.1) is 0 Å². The highest BCUT2D eigenvalue weighted by Gasteiger charge is 2.06. The molecule has 1 aromatic rings. The lowest BCUT2D eigenvalue weighted by Gasteiger charge is -2.05. The Kier molecular flexibility index (Phi) is 8.59. The zero-order valence-corrected chi connectivity index (χ0v) is 12.3. The van der Waals surface area contributed by atoms with Crippen molar-refractivity contribution in [2.45, 2.75) is 58.3 Å². The molecule has 0 aliphatic heterocycles. The molecule has 0 aliphatic rings. The molecule has 0 unspecified atom stereocenters. The van der Waals surface area contributed by atoms with Crippen LogP contribution in [0.4, 0.5) is 4.39 Å². The Hall–Kier alpha value is -1.45. The lowest BCUT2D eigenvalue weighted by Crippen LogP contribution is -2.25. The summed E-state index contributed by atoms with van der Waals surface area (Å²) >= 11 is 0. The van der Waals surface area contributed by atoms with E-state index < -0.39 is 5.95 Å². The molecule has 1 aromatic heterocycles. The molecule has 112 valence electrons. The van der Waals surface area contributed by atoms with Gasteiger partial charge in [-0.05, 0) is 18.6 Å². The summed E-state index contributed by atoms with van der Waals surface area (Å²) in [5, 5.41) is 2.77. The molecule has 1 rings (SSSR count). The van der Waals surface area contributed by atoms with Gasteiger partial charge < -0.3 is 5.32 Å². The summed E-state index contributed by atoms with van der Waals surface area (Å²) in [6.45, 7) is 2.85. The van der Waals surface area contributed by atoms with Crippen LogP contribution in [0.5, 0.6) is 0 Å². The zero-order chi connectivity index (χ0) is 14.6. The van der Waals surface area contributed by atoms with E-state index in [0.29, 0.717) is 6.54 Å². The van der Waals surface area contributed by atoms with Crippen molar-refractivity contribution >= 4 is 5.91 Å². The molecule has 0 spiro atoms. The van der Waals surface area contributed by atoms with Crippen LogP contribution in [0.1, 0.15) is 68.8 Å². The van der Waals surface area contributed by atoms with E-state index in [-0.39, 0.29) is 11.6 Å². The van der Waals surface area contributed by atoms with Crippen molar-refractivity contribution in [3.05, 3.63) is 29.8 Å². The Morgan fingerprint density at radius 3 is 2.40 bits per heavy atom. The lowest BCUT2D eigenvalue weighted by molar-refractivity contribution is 0.0947. The van der Waals surface area contributed by atoms with Crippen LogP contribution >= 0.6 is 0 Å². The molecule has 1 N–H and O–H groups in total. The summed E-state index contributed by atoms with van der Waals surface area (Å²) in [6.07, 6.45) is 9.84. The monoisotopic (exact) mass is 280 g/mol. The van der Waals surface area contributed by atoms with Gasteiger partial charge in [0.15, 0.2) is 0 Å². The summed E-state index contributed by atoms with van der Waals surface area (Å²) in [7, 11) is 0. The van der Waals surface area contributed by atoms with E-state index in [1.807, 2.05) is 0 Å². The Balaban J connectivity index is 2.02. The number of unbranched alkanes of at least 4 members (excludes halogenated alkanes) is 7. The number of nitrogens with one attached hydrogen (secondary N) is 1. The Labute approximate surface area is 121 Å². The summed E-state index contributed by atoms with van der Waals surface area (Å²) < 4.78 is 12.9. The lowest BCUT2D eigenvalue weighted by atomic mass is 10.1. The van der Waals surface area contributed by atoms with E-state index in [9.17, 15) is 9.18 Å². The fraction of sp³-hybridized carbons (Fsp3) is 0.625. The van der Waals surface area contributed by atoms with Crippen molar-refractivity contribution in [3.8, 4) is 0 Å². The van der Waals surface area contributed by atoms with E-state index in [1.54, 1.807) is 0 Å². The van der Waals surface area contributed by atoms with Gasteiger partial charge in [-0.25, -0.2) is 4.98 Å². The van der Waals surface area contributed by atoms with Gasteiger partial charge >= 0.3 is 0 Å². The summed E-state index contributed by atoms with van der Waals surface area (Å²) in [5.74, 6) is -0.919. The molecule has 3 nitrogen and oxygen atoms in total. The number of nitrogens with zero attached hydrogens (tertiary/aromatic N) is 1. The molecule has 0 aromatic carbocycles. The molecular formula is C16H25FN2O. The number of rotatable bonds is 10. The molecule has 1 amide bonds. The molecule has 1 heterocycles. The highest BCUT2D eigenvalue weighted by molar-refractivity contribution is 5.92. The highest BCUT2D eigenvalue weighted by Crippen LogP contribution is 2.08. The maximum atomic E-state index is 12.9. The van der Waals surface area contributed by atoms with Crippen LogP contribution in [0.2, 0.25) is 0 Å². The first-order chi connectivity index (χ1) is 9.74. The fourth-order valence-electron chi connectivity index (χ4n) is 2.09. The summed E-state index contributed by atoms with van der Waals surface area (Å²) in [4.78, 5) is 15.2. The minimum atomic E-state index is -0.621. The second kappa shape index (κ2) is 10.4. The fourth-order valence-corrected chi connectivity index (χ4v) is 2.09. The predicted molar refractivity (Wildman–Crippen MR) is 79.1 cm³/mol. The molecular weight excluding hydrogens is 255 g/mol. The van der Waals surface area contributed by atoms with Gasteiger partial charge in [0, 0.05) is 6.54 Å². The summed E-state index contributed by atoms with van der Waals surface area (Å²) in [6, 6.07) is 4.25. The zero-order valence-electron chi connectivity index (χ0n) is 12.3. The maximum Gasteiger partial charge on any atom is 0.269 e. The largest absolute Gasteiger partial charge is 0.351 e. The average molecular weight is 280 g/mol. The number of hydrogen-bond donors (Lipinski definition) is 1. The molecule has 0 fully saturated rings. The van der Waals surface area contributed by atoms with Gasteiger partial charge in [0.1, 0.15) is 5.69 Å². The van der Waals surface area contributed by atoms with Gasteiger partial charge in [0.2, 0.25) is 5.95 Å². The SMILES string of the molecule is CCCCCCCCCCNC(=O)c1cccc(F)n1. The van der Waals surface area contributed by atoms with Crippen LogP contribution < -0.4 is 5.32 Å². The number of pyridine rings is 1. The third-order valence-corrected chi connectivity index (χ3v) is 3.26. The molecule has 0 aliphatic carbocycles. The first kappa shape index (κ1) is 16.6. The third-order valence-electron chi connectivity index (χ3n) is 3.26.